The van der Waals surface area contributed by atoms with Gasteiger partial charge in [0.2, 0.25) is 0 Å². The van der Waals surface area contributed by atoms with E-state index in [0.717, 1.165) is 0 Å². The van der Waals surface area contributed by atoms with E-state index < -0.39 is 0 Å². The maximum atomic E-state index is 12.0. The Labute approximate surface area is 107 Å². The highest BCUT2D eigenvalue weighted by molar-refractivity contribution is 7.98. The molecule has 2 aromatic heterocycles. The standard InChI is InChI=1S/C11H9N5OS/c1-18-11-13-5-6-8(16-11)15-9-7(14-10(6)17)3-2-4-12-9/h2-5H,1H3,(H,14,17)(H,12,13,15,16). The first-order valence-corrected chi connectivity index (χ1v) is 6.45. The number of thioether (sulfide) groups is 1. The number of hydrogen-bond donors (Lipinski definition) is 2. The molecular formula is C11H9N5OS. The van der Waals surface area contributed by atoms with E-state index in [-0.39, 0.29) is 5.91 Å². The lowest BCUT2D eigenvalue weighted by Gasteiger charge is -2.06. The number of hydrogen-bond acceptors (Lipinski definition) is 6. The average Bonchev–Trinajstić information content (AvgIpc) is 2.54. The smallest absolute Gasteiger partial charge is 0.261 e. The zero-order valence-corrected chi connectivity index (χ0v) is 10.3. The molecule has 0 fully saturated rings. The Balaban J connectivity index is 2.14. The lowest BCUT2D eigenvalue weighted by Crippen LogP contribution is -2.12. The topological polar surface area (TPSA) is 79.8 Å². The molecule has 0 atom stereocenters. The lowest BCUT2D eigenvalue weighted by molar-refractivity contribution is 0.102. The number of fused-ring (bicyclic) bond motifs is 2. The molecule has 0 bridgehead atoms. The maximum Gasteiger partial charge on any atom is 0.261 e. The van der Waals surface area contributed by atoms with Gasteiger partial charge in [-0.15, -0.1) is 0 Å². The van der Waals surface area contributed by atoms with E-state index in [1.54, 1.807) is 18.3 Å². The van der Waals surface area contributed by atoms with Crippen molar-refractivity contribution in [1.82, 2.24) is 15.0 Å². The summed E-state index contributed by atoms with van der Waals surface area (Å²) in [6.07, 6.45) is 5.05. The number of nitrogens with one attached hydrogen (secondary N) is 2. The Kier molecular flexibility index (Phi) is 2.60. The van der Waals surface area contributed by atoms with Crippen molar-refractivity contribution in [1.29, 1.82) is 0 Å². The highest BCUT2D eigenvalue weighted by Crippen LogP contribution is 2.29. The molecule has 2 N–H and O–H groups in total. The molecule has 1 aliphatic heterocycles. The highest BCUT2D eigenvalue weighted by Gasteiger charge is 2.21. The summed E-state index contributed by atoms with van der Waals surface area (Å²) >= 11 is 1.42. The molecule has 7 heteroatoms. The van der Waals surface area contributed by atoms with Gasteiger partial charge in [0.05, 0.1) is 5.69 Å². The van der Waals surface area contributed by atoms with Crippen molar-refractivity contribution in [2.24, 2.45) is 0 Å². The van der Waals surface area contributed by atoms with Crippen molar-refractivity contribution in [3.8, 4) is 0 Å². The molecular weight excluding hydrogens is 250 g/mol. The van der Waals surface area contributed by atoms with Gasteiger partial charge in [0.15, 0.2) is 11.0 Å². The number of carbonyl (C=O) groups is 1. The van der Waals surface area contributed by atoms with Gasteiger partial charge < -0.3 is 10.6 Å². The zero-order valence-electron chi connectivity index (χ0n) is 9.47. The fourth-order valence-electron chi connectivity index (χ4n) is 1.63. The number of carbonyl (C=O) groups excluding carboxylic acids is 1. The minimum Gasteiger partial charge on any atom is -0.322 e. The average molecular weight is 259 g/mol. The van der Waals surface area contributed by atoms with Crippen LogP contribution >= 0.6 is 11.8 Å². The van der Waals surface area contributed by atoms with E-state index in [4.69, 9.17) is 0 Å². The second-order valence-corrected chi connectivity index (χ2v) is 4.37. The SMILES string of the molecule is CSc1ncc2c(n1)Nc1ncccc1NC2=O. The molecule has 3 heterocycles. The molecule has 3 rings (SSSR count). The molecule has 0 radical (unpaired) electrons. The molecule has 0 saturated heterocycles. The van der Waals surface area contributed by atoms with Crippen molar-refractivity contribution >= 4 is 35.0 Å². The van der Waals surface area contributed by atoms with E-state index in [1.165, 1.54) is 18.0 Å². The molecule has 18 heavy (non-hydrogen) atoms. The predicted molar refractivity (Wildman–Crippen MR) is 69.3 cm³/mol. The van der Waals surface area contributed by atoms with Crippen LogP contribution in [0, 0.1) is 0 Å². The van der Waals surface area contributed by atoms with Gasteiger partial charge in [-0.2, -0.15) is 0 Å². The van der Waals surface area contributed by atoms with E-state index >= 15 is 0 Å². The molecule has 0 aliphatic carbocycles. The van der Waals surface area contributed by atoms with Gasteiger partial charge in [-0.05, 0) is 18.4 Å². The van der Waals surface area contributed by atoms with Gasteiger partial charge in [0.25, 0.3) is 5.91 Å². The number of pyridine rings is 1. The van der Waals surface area contributed by atoms with Gasteiger partial charge in [-0.1, -0.05) is 11.8 Å². The molecule has 2 aromatic rings. The molecule has 0 unspecified atom stereocenters. The van der Waals surface area contributed by atoms with E-state index in [1.807, 2.05) is 6.26 Å². The van der Waals surface area contributed by atoms with Gasteiger partial charge in [0.1, 0.15) is 11.4 Å². The van der Waals surface area contributed by atoms with E-state index in [2.05, 4.69) is 25.6 Å². The van der Waals surface area contributed by atoms with Gasteiger partial charge in [-0.3, -0.25) is 4.79 Å². The Hall–Kier alpha value is -2.15. The number of rotatable bonds is 1. The van der Waals surface area contributed by atoms with Crippen LogP contribution in [0.15, 0.2) is 29.7 Å². The first kappa shape index (κ1) is 11.0. The Morgan fingerprint density at radius 3 is 2.94 bits per heavy atom. The monoisotopic (exact) mass is 259 g/mol. The number of amides is 1. The number of anilines is 3. The van der Waals surface area contributed by atoms with Crippen LogP contribution in [0.4, 0.5) is 17.3 Å². The predicted octanol–water partition coefficient (Wildman–Crippen LogP) is 1.90. The van der Waals surface area contributed by atoms with Crippen molar-refractivity contribution in [3.05, 3.63) is 30.1 Å². The normalized spacial score (nSPS) is 12.8. The highest BCUT2D eigenvalue weighted by atomic mass is 32.2. The van der Waals surface area contributed by atoms with Crippen LogP contribution in [-0.4, -0.2) is 27.1 Å². The van der Waals surface area contributed by atoms with Crippen LogP contribution < -0.4 is 10.6 Å². The largest absolute Gasteiger partial charge is 0.322 e. The minimum absolute atomic E-state index is 0.239. The maximum absolute atomic E-state index is 12.0. The summed E-state index contributed by atoms with van der Waals surface area (Å²) in [5.41, 5.74) is 1.04. The van der Waals surface area contributed by atoms with Crippen LogP contribution in [0.2, 0.25) is 0 Å². The van der Waals surface area contributed by atoms with Gasteiger partial charge in [-0.25, -0.2) is 15.0 Å². The third-order valence-electron chi connectivity index (χ3n) is 2.49. The van der Waals surface area contributed by atoms with Gasteiger partial charge >= 0.3 is 0 Å². The third kappa shape index (κ3) is 1.78. The van der Waals surface area contributed by atoms with Crippen LogP contribution in [-0.2, 0) is 0 Å². The molecule has 0 aromatic carbocycles. The second kappa shape index (κ2) is 4.26. The van der Waals surface area contributed by atoms with Crippen LogP contribution in [0.25, 0.3) is 0 Å². The molecule has 0 saturated carbocycles. The van der Waals surface area contributed by atoms with Gasteiger partial charge in [0, 0.05) is 12.4 Å². The summed E-state index contributed by atoms with van der Waals surface area (Å²) in [6.45, 7) is 0. The minimum atomic E-state index is -0.239. The van der Waals surface area contributed by atoms with E-state index in [0.29, 0.717) is 28.0 Å². The van der Waals surface area contributed by atoms with E-state index in [9.17, 15) is 4.79 Å². The quantitative estimate of drug-likeness (QED) is 0.601. The van der Waals surface area contributed by atoms with Crippen LogP contribution in [0.3, 0.4) is 0 Å². The molecule has 90 valence electrons. The van der Waals surface area contributed by atoms with Crippen LogP contribution in [0.5, 0.6) is 0 Å². The van der Waals surface area contributed by atoms with Crippen molar-refractivity contribution in [2.45, 2.75) is 5.16 Å². The Bertz CT molecular complexity index is 631. The summed E-state index contributed by atoms with van der Waals surface area (Å²) in [5, 5.41) is 6.42. The summed E-state index contributed by atoms with van der Waals surface area (Å²) in [6, 6.07) is 3.54. The summed E-state index contributed by atoms with van der Waals surface area (Å²) in [4.78, 5) is 24.6. The molecule has 6 nitrogen and oxygen atoms in total. The third-order valence-corrected chi connectivity index (χ3v) is 3.05. The molecule has 1 amide bonds. The number of aromatic nitrogens is 3. The fourth-order valence-corrected chi connectivity index (χ4v) is 1.97. The first-order chi connectivity index (χ1) is 8.78. The summed E-state index contributed by atoms with van der Waals surface area (Å²) < 4.78 is 0. The van der Waals surface area contributed by atoms with Crippen LogP contribution in [0.1, 0.15) is 10.4 Å². The summed E-state index contributed by atoms with van der Waals surface area (Å²) in [5.74, 6) is 0.816. The van der Waals surface area contributed by atoms with Crippen molar-refractivity contribution in [2.75, 3.05) is 16.9 Å². The number of nitrogens with zero attached hydrogens (tertiary/aromatic N) is 3. The fraction of sp³-hybridized carbons (Fsp3) is 0.0909. The molecule has 0 spiro atoms. The Morgan fingerprint density at radius 1 is 1.22 bits per heavy atom. The summed E-state index contributed by atoms with van der Waals surface area (Å²) in [7, 11) is 0. The second-order valence-electron chi connectivity index (χ2n) is 3.60. The zero-order chi connectivity index (χ0) is 12.5. The molecule has 1 aliphatic rings. The lowest BCUT2D eigenvalue weighted by atomic mass is 10.3. The Morgan fingerprint density at radius 2 is 2.11 bits per heavy atom. The van der Waals surface area contributed by atoms with Crippen molar-refractivity contribution < 1.29 is 4.79 Å². The van der Waals surface area contributed by atoms with Crippen molar-refractivity contribution in [3.63, 3.8) is 0 Å². The first-order valence-electron chi connectivity index (χ1n) is 5.22.